The summed E-state index contributed by atoms with van der Waals surface area (Å²) in [5.41, 5.74) is 0.793. The van der Waals surface area contributed by atoms with E-state index in [1.807, 2.05) is 5.38 Å². The number of aromatic nitrogens is 1. The standard InChI is InChI=1S/C14H22N2O2S/c1-3-10-4-6-11(7-5-10)15-14-16-12(9-19-14)8-13(17)18-2/h9-11H,3-8H2,1-2H3,(H,15,16). The van der Waals surface area contributed by atoms with Crippen molar-refractivity contribution in [3.8, 4) is 0 Å². The maximum Gasteiger partial charge on any atom is 0.311 e. The van der Waals surface area contributed by atoms with Gasteiger partial charge in [-0.1, -0.05) is 13.3 Å². The van der Waals surface area contributed by atoms with Gasteiger partial charge in [0.05, 0.1) is 19.2 Å². The highest BCUT2D eigenvalue weighted by molar-refractivity contribution is 7.13. The Kier molecular flexibility index (Phi) is 5.19. The highest BCUT2D eigenvalue weighted by atomic mass is 32.1. The Morgan fingerprint density at radius 3 is 2.84 bits per heavy atom. The summed E-state index contributed by atoms with van der Waals surface area (Å²) in [6, 6.07) is 0.542. The summed E-state index contributed by atoms with van der Waals surface area (Å²) in [4.78, 5) is 15.6. The number of carbonyl (C=O) groups is 1. The molecule has 0 unspecified atom stereocenters. The molecule has 0 amide bonds. The van der Waals surface area contributed by atoms with Gasteiger partial charge in [-0.25, -0.2) is 4.98 Å². The molecule has 1 aliphatic carbocycles. The lowest BCUT2D eigenvalue weighted by Gasteiger charge is -2.28. The molecule has 1 aromatic heterocycles. The molecule has 1 saturated carbocycles. The van der Waals surface area contributed by atoms with E-state index in [2.05, 4.69) is 22.0 Å². The number of nitrogens with one attached hydrogen (secondary N) is 1. The lowest BCUT2D eigenvalue weighted by molar-refractivity contribution is -0.139. The number of nitrogens with zero attached hydrogens (tertiary/aromatic N) is 1. The van der Waals surface area contributed by atoms with Gasteiger partial charge in [-0.05, 0) is 31.6 Å². The Balaban J connectivity index is 1.82. The van der Waals surface area contributed by atoms with Gasteiger partial charge in [-0.15, -0.1) is 11.3 Å². The molecule has 0 radical (unpaired) electrons. The van der Waals surface area contributed by atoms with Crippen molar-refractivity contribution in [1.82, 2.24) is 4.98 Å². The molecule has 0 spiro atoms. The largest absolute Gasteiger partial charge is 0.469 e. The number of thiazole rings is 1. The zero-order valence-corrected chi connectivity index (χ0v) is 12.5. The van der Waals surface area contributed by atoms with Crippen LogP contribution in [0.2, 0.25) is 0 Å². The molecule has 2 rings (SSSR count). The highest BCUT2D eigenvalue weighted by Crippen LogP contribution is 2.29. The van der Waals surface area contributed by atoms with E-state index in [0.29, 0.717) is 6.04 Å². The van der Waals surface area contributed by atoms with E-state index in [1.165, 1.54) is 39.2 Å². The van der Waals surface area contributed by atoms with Crippen LogP contribution in [-0.2, 0) is 16.0 Å². The smallest absolute Gasteiger partial charge is 0.311 e. The monoisotopic (exact) mass is 282 g/mol. The molecule has 5 heteroatoms. The summed E-state index contributed by atoms with van der Waals surface area (Å²) in [5.74, 6) is 0.671. The zero-order chi connectivity index (χ0) is 13.7. The molecule has 0 aliphatic heterocycles. The number of carbonyl (C=O) groups excluding carboxylic acids is 1. The lowest BCUT2D eigenvalue weighted by atomic mass is 9.85. The third-order valence-electron chi connectivity index (χ3n) is 3.86. The van der Waals surface area contributed by atoms with Gasteiger partial charge in [-0.3, -0.25) is 4.79 Å². The van der Waals surface area contributed by atoms with Crippen molar-refractivity contribution in [3.63, 3.8) is 0 Å². The van der Waals surface area contributed by atoms with E-state index in [4.69, 9.17) is 0 Å². The van der Waals surface area contributed by atoms with Crippen molar-refractivity contribution < 1.29 is 9.53 Å². The minimum atomic E-state index is -0.236. The third kappa shape index (κ3) is 4.20. The first-order valence-corrected chi connectivity index (χ1v) is 7.87. The zero-order valence-electron chi connectivity index (χ0n) is 11.6. The fourth-order valence-electron chi connectivity index (χ4n) is 2.56. The van der Waals surface area contributed by atoms with Crippen molar-refractivity contribution in [1.29, 1.82) is 0 Å². The second-order valence-electron chi connectivity index (χ2n) is 5.17. The van der Waals surface area contributed by atoms with Gasteiger partial charge >= 0.3 is 5.97 Å². The summed E-state index contributed by atoms with van der Waals surface area (Å²) in [5, 5.41) is 6.35. The average molecular weight is 282 g/mol. The van der Waals surface area contributed by atoms with Crippen LogP contribution in [0, 0.1) is 5.92 Å². The van der Waals surface area contributed by atoms with Crippen molar-refractivity contribution in [3.05, 3.63) is 11.1 Å². The van der Waals surface area contributed by atoms with E-state index >= 15 is 0 Å². The van der Waals surface area contributed by atoms with E-state index in [-0.39, 0.29) is 12.4 Å². The molecule has 1 aromatic rings. The second kappa shape index (κ2) is 6.89. The SMILES string of the molecule is CCC1CCC(Nc2nc(CC(=O)OC)cs2)CC1. The van der Waals surface area contributed by atoms with E-state index < -0.39 is 0 Å². The molecule has 1 aliphatic rings. The number of hydrogen-bond acceptors (Lipinski definition) is 5. The van der Waals surface area contributed by atoms with Crippen molar-refractivity contribution >= 4 is 22.4 Å². The maximum atomic E-state index is 11.2. The summed E-state index contributed by atoms with van der Waals surface area (Å²) in [6.45, 7) is 2.28. The number of rotatable bonds is 5. The molecule has 106 valence electrons. The lowest BCUT2D eigenvalue weighted by Crippen LogP contribution is -2.25. The minimum absolute atomic E-state index is 0.236. The van der Waals surface area contributed by atoms with E-state index in [1.54, 1.807) is 11.3 Å². The highest BCUT2D eigenvalue weighted by Gasteiger charge is 2.20. The van der Waals surface area contributed by atoms with Gasteiger partial charge in [0.25, 0.3) is 0 Å². The van der Waals surface area contributed by atoms with Crippen molar-refractivity contribution in [2.24, 2.45) is 5.92 Å². The van der Waals surface area contributed by atoms with Crippen molar-refractivity contribution in [2.75, 3.05) is 12.4 Å². The number of anilines is 1. The van der Waals surface area contributed by atoms with Crippen molar-refractivity contribution in [2.45, 2.75) is 51.5 Å². The first-order valence-electron chi connectivity index (χ1n) is 6.99. The molecule has 19 heavy (non-hydrogen) atoms. The van der Waals surface area contributed by atoms with Crippen LogP contribution >= 0.6 is 11.3 Å². The summed E-state index contributed by atoms with van der Waals surface area (Å²) < 4.78 is 4.64. The van der Waals surface area contributed by atoms with Crippen LogP contribution in [-0.4, -0.2) is 24.1 Å². The Morgan fingerprint density at radius 2 is 2.21 bits per heavy atom. The average Bonchev–Trinajstić information content (AvgIpc) is 2.86. The Bertz CT molecular complexity index is 411. The van der Waals surface area contributed by atoms with Gasteiger partial charge in [-0.2, -0.15) is 0 Å². The van der Waals surface area contributed by atoms with Gasteiger partial charge in [0.1, 0.15) is 0 Å². The number of methoxy groups -OCH3 is 1. The Morgan fingerprint density at radius 1 is 1.47 bits per heavy atom. The number of esters is 1. The molecule has 0 bridgehead atoms. The van der Waals surface area contributed by atoms with Crippen LogP contribution in [0.4, 0.5) is 5.13 Å². The van der Waals surface area contributed by atoms with Gasteiger partial charge in [0.15, 0.2) is 5.13 Å². The fourth-order valence-corrected chi connectivity index (χ4v) is 3.35. The number of ether oxygens (including phenoxy) is 1. The van der Waals surface area contributed by atoms with E-state index in [9.17, 15) is 4.79 Å². The molecule has 4 nitrogen and oxygen atoms in total. The first-order chi connectivity index (χ1) is 9.21. The quantitative estimate of drug-likeness (QED) is 0.842. The molecule has 1 N–H and O–H groups in total. The van der Waals surface area contributed by atoms with Gasteiger partial charge in [0.2, 0.25) is 0 Å². The molecule has 1 fully saturated rings. The van der Waals surface area contributed by atoms with Crippen LogP contribution in [0.3, 0.4) is 0 Å². The normalized spacial score (nSPS) is 23.1. The van der Waals surface area contributed by atoms with Crippen LogP contribution in [0.25, 0.3) is 0 Å². The van der Waals surface area contributed by atoms with Crippen LogP contribution in [0.15, 0.2) is 5.38 Å². The molecule has 0 aromatic carbocycles. The molecule has 0 saturated heterocycles. The maximum absolute atomic E-state index is 11.2. The van der Waals surface area contributed by atoms with Crippen LogP contribution < -0.4 is 5.32 Å². The van der Waals surface area contributed by atoms with Crippen LogP contribution in [0.5, 0.6) is 0 Å². The first kappa shape index (κ1) is 14.3. The Hall–Kier alpha value is -1.10. The summed E-state index contributed by atoms with van der Waals surface area (Å²) in [6.07, 6.45) is 6.64. The fraction of sp³-hybridized carbons (Fsp3) is 0.714. The molecular weight excluding hydrogens is 260 g/mol. The summed E-state index contributed by atoms with van der Waals surface area (Å²) in [7, 11) is 1.40. The number of hydrogen-bond donors (Lipinski definition) is 1. The molecule has 0 atom stereocenters. The van der Waals surface area contributed by atoms with Gasteiger partial charge < -0.3 is 10.1 Å². The topological polar surface area (TPSA) is 51.2 Å². The Labute approximate surface area is 118 Å². The molecule has 1 heterocycles. The summed E-state index contributed by atoms with van der Waals surface area (Å²) >= 11 is 1.57. The minimum Gasteiger partial charge on any atom is -0.469 e. The predicted octanol–water partition coefficient (Wildman–Crippen LogP) is 3.24. The van der Waals surface area contributed by atoms with E-state index in [0.717, 1.165) is 16.7 Å². The third-order valence-corrected chi connectivity index (χ3v) is 4.68. The van der Waals surface area contributed by atoms with Crippen LogP contribution in [0.1, 0.15) is 44.7 Å². The second-order valence-corrected chi connectivity index (χ2v) is 6.03. The molecular formula is C14H22N2O2S. The van der Waals surface area contributed by atoms with Gasteiger partial charge in [0, 0.05) is 11.4 Å². The predicted molar refractivity (Wildman–Crippen MR) is 77.5 cm³/mol.